The van der Waals surface area contributed by atoms with Gasteiger partial charge in [-0.3, -0.25) is 9.89 Å². The quantitative estimate of drug-likeness (QED) is 0.341. The van der Waals surface area contributed by atoms with Crippen molar-refractivity contribution in [3.8, 4) is 5.75 Å². The molecule has 1 aliphatic heterocycles. The fourth-order valence-corrected chi connectivity index (χ4v) is 3.15. The summed E-state index contributed by atoms with van der Waals surface area (Å²) < 4.78 is 16.7. The maximum absolute atomic E-state index is 5.97. The summed E-state index contributed by atoms with van der Waals surface area (Å²) >= 11 is 0. The van der Waals surface area contributed by atoms with Crippen LogP contribution >= 0.6 is 0 Å². The minimum absolute atomic E-state index is 0.606. The molecule has 0 spiro atoms. The van der Waals surface area contributed by atoms with Gasteiger partial charge in [-0.05, 0) is 44.5 Å². The van der Waals surface area contributed by atoms with Gasteiger partial charge in [0.25, 0.3) is 0 Å². The first-order valence-corrected chi connectivity index (χ1v) is 10.2. The van der Waals surface area contributed by atoms with Crippen molar-refractivity contribution >= 4 is 5.96 Å². The van der Waals surface area contributed by atoms with Gasteiger partial charge in [0.15, 0.2) is 5.96 Å². The van der Waals surface area contributed by atoms with Crippen molar-refractivity contribution in [1.29, 1.82) is 0 Å². The third-order valence-electron chi connectivity index (χ3n) is 4.85. The second-order valence-corrected chi connectivity index (χ2v) is 6.87. The predicted octanol–water partition coefficient (Wildman–Crippen LogP) is 1.88. The lowest BCUT2D eigenvalue weighted by molar-refractivity contribution is 0.0392. The molecule has 0 atom stereocenters. The Kier molecular flexibility index (Phi) is 10.7. The summed E-state index contributed by atoms with van der Waals surface area (Å²) in [6, 6.07) is 8.80. The Morgan fingerprint density at radius 3 is 2.82 bits per heavy atom. The van der Waals surface area contributed by atoms with Gasteiger partial charge in [-0.15, -0.1) is 0 Å². The normalized spacial score (nSPS) is 15.6. The van der Waals surface area contributed by atoms with E-state index in [1.165, 1.54) is 0 Å². The van der Waals surface area contributed by atoms with Crippen LogP contribution in [0, 0.1) is 0 Å². The van der Waals surface area contributed by atoms with Gasteiger partial charge in [0.05, 0.1) is 6.61 Å². The molecule has 28 heavy (non-hydrogen) atoms. The molecule has 0 radical (unpaired) electrons. The first-order chi connectivity index (χ1) is 13.7. The van der Waals surface area contributed by atoms with Gasteiger partial charge >= 0.3 is 0 Å². The van der Waals surface area contributed by atoms with Gasteiger partial charge in [0.2, 0.25) is 0 Å². The van der Waals surface area contributed by atoms with Crippen LogP contribution in [0.3, 0.4) is 0 Å². The Hall–Kier alpha value is -1.83. The molecule has 0 aromatic heterocycles. The third kappa shape index (κ3) is 8.46. The van der Waals surface area contributed by atoms with E-state index in [-0.39, 0.29) is 0 Å². The summed E-state index contributed by atoms with van der Waals surface area (Å²) in [6.07, 6.45) is 2.22. The van der Waals surface area contributed by atoms with E-state index in [4.69, 9.17) is 14.2 Å². The van der Waals surface area contributed by atoms with Crippen LogP contribution in [0.2, 0.25) is 0 Å². The minimum Gasteiger partial charge on any atom is -0.492 e. The largest absolute Gasteiger partial charge is 0.492 e. The molecule has 0 amide bonds. The second kappa shape index (κ2) is 13.4. The maximum atomic E-state index is 5.97. The molecule has 1 fully saturated rings. The standard InChI is InChI=1S/C21H36N4O3/c1-4-26-14-10-23-21(22-2)24-17-18-6-5-7-20(16-18)28-15-11-25(3)19-8-12-27-13-9-19/h5-7,16,19H,4,8-15,17H2,1-3H3,(H2,22,23,24). The first-order valence-electron chi connectivity index (χ1n) is 10.2. The van der Waals surface area contributed by atoms with Crippen LogP contribution in [0.1, 0.15) is 25.3 Å². The lowest BCUT2D eigenvalue weighted by Crippen LogP contribution is -2.38. The zero-order valence-corrected chi connectivity index (χ0v) is 17.6. The molecule has 1 aromatic carbocycles. The number of likely N-dealkylation sites (N-methyl/N-ethyl adjacent to an activating group) is 1. The van der Waals surface area contributed by atoms with Crippen molar-refractivity contribution in [2.24, 2.45) is 4.99 Å². The van der Waals surface area contributed by atoms with E-state index in [0.717, 1.165) is 63.0 Å². The summed E-state index contributed by atoms with van der Waals surface area (Å²) in [7, 11) is 3.94. The number of hydrogen-bond acceptors (Lipinski definition) is 5. The molecule has 1 saturated heterocycles. The van der Waals surface area contributed by atoms with E-state index >= 15 is 0 Å². The van der Waals surface area contributed by atoms with E-state index in [0.29, 0.717) is 25.8 Å². The van der Waals surface area contributed by atoms with E-state index in [1.807, 2.05) is 19.1 Å². The van der Waals surface area contributed by atoms with Crippen LogP contribution in [0.5, 0.6) is 5.75 Å². The summed E-state index contributed by atoms with van der Waals surface area (Å²) in [5.74, 6) is 1.67. The van der Waals surface area contributed by atoms with Crippen LogP contribution < -0.4 is 15.4 Å². The van der Waals surface area contributed by atoms with Gasteiger partial charge in [0, 0.05) is 52.5 Å². The van der Waals surface area contributed by atoms with E-state index in [9.17, 15) is 0 Å². The highest BCUT2D eigenvalue weighted by atomic mass is 16.5. The number of aliphatic imine (C=N–C) groups is 1. The van der Waals surface area contributed by atoms with Crippen LogP contribution in [0.25, 0.3) is 0 Å². The highest BCUT2D eigenvalue weighted by molar-refractivity contribution is 5.79. The van der Waals surface area contributed by atoms with Gasteiger partial charge in [-0.25, -0.2) is 0 Å². The average Bonchev–Trinajstić information content (AvgIpc) is 2.74. The van der Waals surface area contributed by atoms with E-state index < -0.39 is 0 Å². The summed E-state index contributed by atoms with van der Waals surface area (Å²) in [5, 5.41) is 6.55. The predicted molar refractivity (Wildman–Crippen MR) is 113 cm³/mol. The zero-order valence-electron chi connectivity index (χ0n) is 17.6. The molecule has 158 valence electrons. The highest BCUT2D eigenvalue weighted by Crippen LogP contribution is 2.15. The van der Waals surface area contributed by atoms with E-state index in [1.54, 1.807) is 7.05 Å². The van der Waals surface area contributed by atoms with E-state index in [2.05, 4.69) is 39.7 Å². The molecule has 1 aromatic rings. The Morgan fingerprint density at radius 2 is 2.07 bits per heavy atom. The summed E-state index contributed by atoms with van der Waals surface area (Å²) in [4.78, 5) is 6.61. The van der Waals surface area contributed by atoms with Crippen molar-refractivity contribution < 1.29 is 14.2 Å². The molecule has 1 aliphatic rings. The van der Waals surface area contributed by atoms with Gasteiger partial charge in [-0.2, -0.15) is 0 Å². The van der Waals surface area contributed by atoms with Gasteiger partial charge in [0.1, 0.15) is 12.4 Å². The second-order valence-electron chi connectivity index (χ2n) is 6.87. The molecular weight excluding hydrogens is 356 g/mol. The van der Waals surface area contributed by atoms with Crippen molar-refractivity contribution in [2.75, 3.05) is 60.2 Å². The molecule has 2 N–H and O–H groups in total. The average molecular weight is 393 g/mol. The lowest BCUT2D eigenvalue weighted by Gasteiger charge is -2.31. The van der Waals surface area contributed by atoms with Gasteiger partial charge < -0.3 is 24.8 Å². The molecule has 7 heteroatoms. The number of nitrogens with one attached hydrogen (secondary N) is 2. The number of hydrogen-bond donors (Lipinski definition) is 2. The van der Waals surface area contributed by atoms with Crippen molar-refractivity contribution in [3.63, 3.8) is 0 Å². The maximum Gasteiger partial charge on any atom is 0.191 e. The first kappa shape index (κ1) is 22.5. The minimum atomic E-state index is 0.606. The number of rotatable bonds is 11. The number of nitrogens with zero attached hydrogens (tertiary/aromatic N) is 2. The SMILES string of the molecule is CCOCCNC(=NC)NCc1cccc(OCCN(C)C2CCOCC2)c1. The monoisotopic (exact) mass is 392 g/mol. The molecular formula is C21H36N4O3. The molecule has 2 rings (SSSR count). The molecule has 0 bridgehead atoms. The highest BCUT2D eigenvalue weighted by Gasteiger charge is 2.17. The van der Waals surface area contributed by atoms with Crippen LogP contribution in [-0.4, -0.2) is 77.1 Å². The Balaban J connectivity index is 1.70. The Labute approximate surface area is 169 Å². The molecule has 1 heterocycles. The van der Waals surface area contributed by atoms with Gasteiger partial charge in [-0.1, -0.05) is 12.1 Å². The summed E-state index contributed by atoms with van der Waals surface area (Å²) in [6.45, 7) is 8.15. The number of guanidine groups is 1. The molecule has 0 aliphatic carbocycles. The molecule has 0 saturated carbocycles. The van der Waals surface area contributed by atoms with Crippen LogP contribution in [-0.2, 0) is 16.0 Å². The fraction of sp³-hybridized carbons (Fsp3) is 0.667. The van der Waals surface area contributed by atoms with Crippen LogP contribution in [0.15, 0.2) is 29.3 Å². The van der Waals surface area contributed by atoms with Crippen molar-refractivity contribution in [3.05, 3.63) is 29.8 Å². The van der Waals surface area contributed by atoms with Crippen molar-refractivity contribution in [2.45, 2.75) is 32.4 Å². The lowest BCUT2D eigenvalue weighted by atomic mass is 10.1. The number of ether oxygens (including phenoxy) is 3. The Bertz CT molecular complexity index is 577. The fourth-order valence-electron chi connectivity index (χ4n) is 3.15. The summed E-state index contributed by atoms with van der Waals surface area (Å²) in [5.41, 5.74) is 1.16. The van der Waals surface area contributed by atoms with Crippen LogP contribution in [0.4, 0.5) is 0 Å². The molecule has 7 nitrogen and oxygen atoms in total. The molecule has 0 unspecified atom stereocenters. The number of benzene rings is 1. The third-order valence-corrected chi connectivity index (χ3v) is 4.85. The topological polar surface area (TPSA) is 67.3 Å². The zero-order chi connectivity index (χ0) is 20.0. The Morgan fingerprint density at radius 1 is 1.25 bits per heavy atom. The van der Waals surface area contributed by atoms with Crippen molar-refractivity contribution in [1.82, 2.24) is 15.5 Å². The smallest absolute Gasteiger partial charge is 0.191 e.